The number of primary amides is 1. The maximum Gasteiger partial charge on any atom is 0.306 e. The Bertz CT molecular complexity index is 2300. The van der Waals surface area contributed by atoms with Crippen LogP contribution in [0.2, 0.25) is 0 Å². The molecule has 0 radical (unpaired) electrons. The van der Waals surface area contributed by atoms with E-state index in [4.69, 9.17) is 27.7 Å². The molecule has 2 aromatic carbocycles. The molecule has 10 atom stereocenters. The lowest BCUT2D eigenvalue weighted by atomic mass is 9.85. The molecule has 0 saturated carbocycles. The third kappa shape index (κ3) is 25.1. The van der Waals surface area contributed by atoms with E-state index < -0.39 is 125 Å². The van der Waals surface area contributed by atoms with Crippen molar-refractivity contribution in [2.24, 2.45) is 76.2 Å². The summed E-state index contributed by atoms with van der Waals surface area (Å²) in [7, 11) is 0. The number of aliphatic hydroxyl groups is 1. The average molecular weight is 1120 g/mol. The fourth-order valence-electron chi connectivity index (χ4n) is 9.51. The van der Waals surface area contributed by atoms with Gasteiger partial charge in [-0.05, 0) is 93.0 Å². The molecule has 0 aliphatic rings. The molecule has 446 valence electrons. The summed E-state index contributed by atoms with van der Waals surface area (Å²) in [4.78, 5) is 138. The second-order valence-electron chi connectivity index (χ2n) is 22.5. The Morgan fingerprint density at radius 3 is 1.49 bits per heavy atom. The van der Waals surface area contributed by atoms with Crippen LogP contribution in [0, 0.1) is 53.3 Å². The summed E-state index contributed by atoms with van der Waals surface area (Å²) in [6, 6.07) is 13.6. The number of amides is 5. The first-order valence-electron chi connectivity index (χ1n) is 28.5. The summed E-state index contributed by atoms with van der Waals surface area (Å²) in [5, 5.41) is 21.0. The van der Waals surface area contributed by atoms with Crippen LogP contribution in [0.1, 0.15) is 137 Å². The second-order valence-corrected chi connectivity index (χ2v) is 22.5. The first kappa shape index (κ1) is 69.9. The number of aliphatic hydroxyl groups excluding tert-OH is 1. The number of carbonyl (C=O) groups excluding carboxylic acids is 10. The highest BCUT2D eigenvalue weighted by Gasteiger charge is 2.37. The smallest absolute Gasteiger partial charge is 0.306 e. The zero-order valence-electron chi connectivity index (χ0n) is 48.5. The van der Waals surface area contributed by atoms with Crippen molar-refractivity contribution in [3.05, 3.63) is 71.8 Å². The maximum absolute atomic E-state index is 14.6. The number of hydrogen-bond acceptors (Lipinski definition) is 15. The quantitative estimate of drug-likeness (QED) is 0.0430. The van der Waals surface area contributed by atoms with Gasteiger partial charge in [0, 0.05) is 49.4 Å². The van der Waals surface area contributed by atoms with Crippen molar-refractivity contribution in [3.63, 3.8) is 0 Å². The number of Topliss-reactive ketones (excluding diaryl/α,β-unsaturated/α-hetero) is 4. The summed E-state index contributed by atoms with van der Waals surface area (Å²) < 4.78 is 5.43. The molecule has 0 unspecified atom stereocenters. The van der Waals surface area contributed by atoms with Crippen LogP contribution in [0.3, 0.4) is 0 Å². The van der Waals surface area contributed by atoms with Crippen molar-refractivity contribution in [1.29, 1.82) is 0 Å². The number of nitrogens with two attached hydrogens (primary N) is 4. The highest BCUT2D eigenvalue weighted by atomic mass is 16.5. The number of ketones is 4. The van der Waals surface area contributed by atoms with Gasteiger partial charge in [0.25, 0.3) is 0 Å². The minimum absolute atomic E-state index is 0.0110. The van der Waals surface area contributed by atoms with Gasteiger partial charge in [-0.25, -0.2) is 0 Å². The molecule has 0 fully saturated rings. The molecule has 2 rings (SSSR count). The summed E-state index contributed by atoms with van der Waals surface area (Å²) in [6.07, 6.45) is -0.467. The molecule has 0 spiro atoms. The Kier molecular flexibility index (Phi) is 32.3. The van der Waals surface area contributed by atoms with Crippen LogP contribution in [-0.2, 0) is 65.7 Å². The predicted octanol–water partition coefficient (Wildman–Crippen LogP) is 3.54. The van der Waals surface area contributed by atoms with E-state index in [-0.39, 0.29) is 115 Å². The number of ether oxygens (including phenoxy) is 1. The minimum atomic E-state index is -1.17. The van der Waals surface area contributed by atoms with Gasteiger partial charge in [-0.2, -0.15) is 0 Å². The molecule has 20 heteroatoms. The van der Waals surface area contributed by atoms with Crippen molar-refractivity contribution in [2.45, 2.75) is 163 Å². The normalized spacial score (nSPS) is 15.2. The van der Waals surface area contributed by atoms with Gasteiger partial charge in [0.15, 0.2) is 23.1 Å². The van der Waals surface area contributed by atoms with E-state index in [0.717, 1.165) is 5.56 Å². The zero-order chi connectivity index (χ0) is 60.1. The molecule has 0 heterocycles. The molecule has 13 N–H and O–H groups in total. The van der Waals surface area contributed by atoms with Crippen molar-refractivity contribution >= 4 is 58.6 Å². The van der Waals surface area contributed by atoms with Crippen molar-refractivity contribution < 1.29 is 57.8 Å². The molecule has 2 aromatic rings. The molecule has 0 bridgehead atoms. The number of carbonyl (C=O) groups is 10. The highest BCUT2D eigenvalue weighted by molar-refractivity contribution is 5.98. The summed E-state index contributed by atoms with van der Waals surface area (Å²) in [5.74, 6) is -11.6. The molecule has 0 aliphatic carbocycles. The van der Waals surface area contributed by atoms with Crippen LogP contribution in [-0.4, -0.2) is 114 Å². The van der Waals surface area contributed by atoms with Crippen LogP contribution in [0.25, 0.3) is 0 Å². The Labute approximate surface area is 473 Å². The lowest BCUT2D eigenvalue weighted by molar-refractivity contribution is -0.148. The fraction of sp³-hybridized carbons (Fsp3) is 0.633. The lowest BCUT2D eigenvalue weighted by Crippen LogP contribution is -2.51. The van der Waals surface area contributed by atoms with Gasteiger partial charge in [0.05, 0.1) is 43.1 Å². The lowest BCUT2D eigenvalue weighted by Gasteiger charge is -2.28. The van der Waals surface area contributed by atoms with Gasteiger partial charge >= 0.3 is 5.97 Å². The minimum Gasteiger partial charge on any atom is -0.461 e. The third-order valence-electron chi connectivity index (χ3n) is 14.5. The molecule has 20 nitrogen and oxygen atoms in total. The number of esters is 1. The van der Waals surface area contributed by atoms with Crippen LogP contribution in [0.15, 0.2) is 60.7 Å². The number of hydrogen-bond donors (Lipinski definition) is 9. The molecule has 0 aromatic heterocycles. The number of benzene rings is 2. The van der Waals surface area contributed by atoms with Gasteiger partial charge in [-0.3, -0.25) is 47.9 Å². The Balaban J connectivity index is 2.38. The molecular weight excluding hydrogens is 1020 g/mol. The first-order valence-corrected chi connectivity index (χ1v) is 28.5. The standard InChI is InChI=1S/C60H94N8O12/c1-9-39(8)55(68-58(77)43(21-24-62)32-54(74)80-35-41-18-14-11-15-19-41)53(73)29-42(20-23-61)57(76)66-49(28-40-16-12-10-13-17-40)50(70)30-44(26-36(2)3)59(78)65-47(22-25-63)52(72)33-46(38(6)7)60(79)67-48(27-37(4)5)51(71)31-45(34-69)56(64)75/h10-19,36-39,42-49,55,69H,9,20-35,61-63H2,1-8H3,(H2,64,75)(H,65,78)(H,66,76)(H,67,79)(H,68,77)/t39-,42+,43+,44+,45-,46+,47-,48-,49+,55-/m0/s1. The third-order valence-corrected chi connectivity index (χ3v) is 14.5. The molecule has 0 saturated heterocycles. The van der Waals surface area contributed by atoms with E-state index >= 15 is 0 Å². The molecule has 5 amide bonds. The summed E-state index contributed by atoms with van der Waals surface area (Å²) in [5.41, 5.74) is 24.7. The molecular formula is C60H94N8O12. The van der Waals surface area contributed by atoms with Gasteiger partial charge in [0.2, 0.25) is 29.5 Å². The number of rotatable bonds is 41. The average Bonchev–Trinajstić information content (AvgIpc) is 3.41. The molecule has 0 aliphatic heterocycles. The van der Waals surface area contributed by atoms with E-state index in [0.29, 0.717) is 12.0 Å². The van der Waals surface area contributed by atoms with Crippen LogP contribution in [0.4, 0.5) is 0 Å². The number of nitrogens with one attached hydrogen (secondary N) is 4. The predicted molar refractivity (Wildman–Crippen MR) is 305 cm³/mol. The van der Waals surface area contributed by atoms with E-state index in [2.05, 4.69) is 21.3 Å². The Hall–Kier alpha value is -6.22. The second kappa shape index (κ2) is 36.9. The van der Waals surface area contributed by atoms with Crippen LogP contribution in [0.5, 0.6) is 0 Å². The summed E-state index contributed by atoms with van der Waals surface area (Å²) in [6.45, 7) is 14.1. The Morgan fingerprint density at radius 1 is 0.512 bits per heavy atom. The van der Waals surface area contributed by atoms with Crippen molar-refractivity contribution in [2.75, 3.05) is 26.2 Å². The fourth-order valence-corrected chi connectivity index (χ4v) is 9.51. The maximum atomic E-state index is 14.6. The SMILES string of the molecule is CC[C@H](C)[C@H](NC(=O)[C@H](CCN)CC(=O)OCc1ccccc1)C(=O)C[C@@H](CCN)C(=O)N[C@H](Cc1ccccc1)C(=O)C[C@@H](CC(C)C)C(=O)N[C@@H](CCN)C(=O)C[C@@H](C(=O)N[C@@H](CC(C)C)C(=O)C[C@@H](CO)C(N)=O)C(C)C. The van der Waals surface area contributed by atoms with E-state index in [9.17, 15) is 53.1 Å². The zero-order valence-corrected chi connectivity index (χ0v) is 48.5. The molecule has 80 heavy (non-hydrogen) atoms. The van der Waals surface area contributed by atoms with E-state index in [1.54, 1.807) is 63.2 Å². The van der Waals surface area contributed by atoms with Crippen LogP contribution >= 0.6 is 0 Å². The van der Waals surface area contributed by atoms with Crippen molar-refractivity contribution in [1.82, 2.24) is 21.3 Å². The van der Waals surface area contributed by atoms with Gasteiger partial charge in [-0.15, -0.1) is 0 Å². The Morgan fingerprint density at radius 2 is 0.975 bits per heavy atom. The first-order chi connectivity index (χ1) is 37.9. The van der Waals surface area contributed by atoms with Gasteiger partial charge in [0.1, 0.15) is 6.61 Å². The van der Waals surface area contributed by atoms with E-state index in [1.807, 2.05) is 52.8 Å². The monoisotopic (exact) mass is 1120 g/mol. The largest absolute Gasteiger partial charge is 0.461 e. The van der Waals surface area contributed by atoms with Crippen LogP contribution < -0.4 is 44.2 Å². The van der Waals surface area contributed by atoms with Crippen molar-refractivity contribution in [3.8, 4) is 0 Å². The van der Waals surface area contributed by atoms with Gasteiger partial charge < -0.3 is 54.0 Å². The highest BCUT2D eigenvalue weighted by Crippen LogP contribution is 2.24. The van der Waals surface area contributed by atoms with E-state index in [1.165, 1.54) is 0 Å². The summed E-state index contributed by atoms with van der Waals surface area (Å²) >= 11 is 0. The topological polar surface area (TPSA) is 352 Å². The van der Waals surface area contributed by atoms with Gasteiger partial charge in [-0.1, -0.05) is 122 Å².